The summed E-state index contributed by atoms with van der Waals surface area (Å²) in [5, 5.41) is 10.3. The number of hydrogen-bond acceptors (Lipinski definition) is 3. The van der Waals surface area contributed by atoms with Gasteiger partial charge in [-0.15, -0.1) is 0 Å². The quantitative estimate of drug-likeness (QED) is 0.645. The summed E-state index contributed by atoms with van der Waals surface area (Å²) in [5.41, 5.74) is 8.78. The Morgan fingerprint density at radius 3 is 2.83 bits per heavy atom. The minimum absolute atomic E-state index is 0.278. The average Bonchev–Trinajstić information content (AvgIpc) is 3.03. The summed E-state index contributed by atoms with van der Waals surface area (Å²) in [6.45, 7) is 3.43. The number of carbonyl (C=O) groups excluding carboxylic acids is 2. The fourth-order valence-electron chi connectivity index (χ4n) is 2.45. The second-order valence-corrected chi connectivity index (χ2v) is 4.96. The SMILES string of the molecule is C=CC(=O)Nc1cccc(-c2ccc(C(N)=O)c3[nH]ncc23)c1. The molecule has 0 bridgehead atoms. The minimum Gasteiger partial charge on any atom is -0.366 e. The highest BCUT2D eigenvalue weighted by molar-refractivity contribution is 6.09. The van der Waals surface area contributed by atoms with E-state index in [0.29, 0.717) is 16.8 Å². The molecule has 6 nitrogen and oxygen atoms in total. The Balaban J connectivity index is 2.11. The van der Waals surface area contributed by atoms with Crippen LogP contribution in [0.1, 0.15) is 10.4 Å². The molecule has 0 aliphatic rings. The summed E-state index contributed by atoms with van der Waals surface area (Å²) in [4.78, 5) is 22.9. The predicted octanol–water partition coefficient (Wildman–Crippen LogP) is 2.45. The van der Waals surface area contributed by atoms with Gasteiger partial charge in [-0.05, 0) is 35.4 Å². The molecule has 6 heteroatoms. The van der Waals surface area contributed by atoms with Crippen LogP contribution in [-0.4, -0.2) is 22.0 Å². The molecule has 2 aromatic carbocycles. The minimum atomic E-state index is -0.516. The summed E-state index contributed by atoms with van der Waals surface area (Å²) in [6.07, 6.45) is 2.86. The highest BCUT2D eigenvalue weighted by Gasteiger charge is 2.13. The molecule has 23 heavy (non-hydrogen) atoms. The van der Waals surface area contributed by atoms with E-state index in [0.717, 1.165) is 16.5 Å². The van der Waals surface area contributed by atoms with Crippen LogP contribution < -0.4 is 11.1 Å². The van der Waals surface area contributed by atoms with Gasteiger partial charge in [0.25, 0.3) is 5.91 Å². The number of nitrogens with two attached hydrogens (primary N) is 1. The molecule has 114 valence electrons. The first kappa shape index (κ1) is 14.5. The highest BCUT2D eigenvalue weighted by Crippen LogP contribution is 2.31. The van der Waals surface area contributed by atoms with Crippen molar-refractivity contribution in [2.75, 3.05) is 5.32 Å². The predicted molar refractivity (Wildman–Crippen MR) is 88.9 cm³/mol. The lowest BCUT2D eigenvalue weighted by atomic mass is 9.99. The number of nitrogens with zero attached hydrogens (tertiary/aromatic N) is 1. The van der Waals surface area contributed by atoms with Gasteiger partial charge >= 0.3 is 0 Å². The third-order valence-electron chi connectivity index (χ3n) is 3.51. The van der Waals surface area contributed by atoms with Gasteiger partial charge in [-0.25, -0.2) is 0 Å². The maximum absolute atomic E-state index is 11.5. The molecular formula is C17H14N4O2. The molecule has 3 aromatic rings. The van der Waals surface area contributed by atoms with Crippen LogP contribution in [-0.2, 0) is 4.79 Å². The van der Waals surface area contributed by atoms with Gasteiger partial charge in [0.2, 0.25) is 5.91 Å². The number of H-pyrrole nitrogens is 1. The van der Waals surface area contributed by atoms with Crippen LogP contribution in [0.3, 0.4) is 0 Å². The van der Waals surface area contributed by atoms with E-state index < -0.39 is 5.91 Å². The van der Waals surface area contributed by atoms with Gasteiger partial charge in [0.05, 0.1) is 17.3 Å². The fraction of sp³-hybridized carbons (Fsp3) is 0. The van der Waals surface area contributed by atoms with Crippen molar-refractivity contribution in [3.63, 3.8) is 0 Å². The average molecular weight is 306 g/mol. The van der Waals surface area contributed by atoms with Crippen molar-refractivity contribution in [2.24, 2.45) is 5.73 Å². The molecule has 4 N–H and O–H groups in total. The first-order valence-electron chi connectivity index (χ1n) is 6.90. The van der Waals surface area contributed by atoms with E-state index in [1.165, 1.54) is 6.08 Å². The van der Waals surface area contributed by atoms with Crippen LogP contribution >= 0.6 is 0 Å². The van der Waals surface area contributed by atoms with Crippen LogP contribution in [0.5, 0.6) is 0 Å². The molecule has 1 aromatic heterocycles. The molecular weight excluding hydrogens is 292 g/mol. The van der Waals surface area contributed by atoms with Gasteiger partial charge < -0.3 is 11.1 Å². The number of aromatic amines is 1. The van der Waals surface area contributed by atoms with E-state index in [-0.39, 0.29) is 5.91 Å². The molecule has 0 unspecified atom stereocenters. The van der Waals surface area contributed by atoms with Crippen molar-refractivity contribution in [1.29, 1.82) is 0 Å². The van der Waals surface area contributed by atoms with E-state index in [9.17, 15) is 9.59 Å². The number of carbonyl (C=O) groups is 2. The van der Waals surface area contributed by atoms with Crippen LogP contribution in [0.2, 0.25) is 0 Å². The van der Waals surface area contributed by atoms with Crippen molar-refractivity contribution < 1.29 is 9.59 Å². The van der Waals surface area contributed by atoms with Crippen LogP contribution in [0.4, 0.5) is 5.69 Å². The molecule has 0 atom stereocenters. The van der Waals surface area contributed by atoms with Crippen LogP contribution in [0, 0.1) is 0 Å². The van der Waals surface area contributed by atoms with Gasteiger partial charge in [-0.2, -0.15) is 5.10 Å². The second-order valence-electron chi connectivity index (χ2n) is 4.96. The Hall–Kier alpha value is -3.41. The summed E-state index contributed by atoms with van der Waals surface area (Å²) in [5.74, 6) is -0.794. The smallest absolute Gasteiger partial charge is 0.250 e. The van der Waals surface area contributed by atoms with Gasteiger partial charge in [0, 0.05) is 11.1 Å². The topological polar surface area (TPSA) is 101 Å². The molecule has 0 aliphatic carbocycles. The van der Waals surface area contributed by atoms with Crippen LogP contribution in [0.25, 0.3) is 22.0 Å². The van der Waals surface area contributed by atoms with Gasteiger partial charge in [-0.1, -0.05) is 24.8 Å². The van der Waals surface area contributed by atoms with E-state index in [1.807, 2.05) is 24.3 Å². The standard InChI is InChI=1S/C17H14N4O2/c1-2-15(22)20-11-5-3-4-10(8-11)12-6-7-13(17(18)23)16-14(12)9-19-21-16/h2-9H,1H2,(H2,18,23)(H,19,21)(H,20,22). The van der Waals surface area contributed by atoms with Gasteiger partial charge in [0.15, 0.2) is 0 Å². The number of benzene rings is 2. The van der Waals surface area contributed by atoms with Crippen molar-refractivity contribution >= 4 is 28.4 Å². The number of aromatic nitrogens is 2. The van der Waals surface area contributed by atoms with E-state index in [1.54, 1.807) is 18.3 Å². The summed E-state index contributed by atoms with van der Waals surface area (Å²) >= 11 is 0. The first-order chi connectivity index (χ1) is 11.1. The van der Waals surface area contributed by atoms with Gasteiger partial charge in [-0.3, -0.25) is 14.7 Å². The van der Waals surface area contributed by atoms with E-state index in [4.69, 9.17) is 5.73 Å². The molecule has 0 spiro atoms. The second kappa shape index (κ2) is 5.76. The Morgan fingerprint density at radius 2 is 2.09 bits per heavy atom. The number of primary amides is 1. The van der Waals surface area contributed by atoms with Crippen molar-refractivity contribution in [3.8, 4) is 11.1 Å². The lowest BCUT2D eigenvalue weighted by Crippen LogP contribution is -2.11. The lowest BCUT2D eigenvalue weighted by Gasteiger charge is -2.08. The molecule has 0 aliphatic heterocycles. The maximum Gasteiger partial charge on any atom is 0.250 e. The first-order valence-corrected chi connectivity index (χ1v) is 6.90. The number of fused-ring (bicyclic) bond motifs is 1. The summed E-state index contributed by atoms with van der Waals surface area (Å²) < 4.78 is 0. The molecule has 2 amide bonds. The Kier molecular flexibility index (Phi) is 3.64. The number of rotatable bonds is 4. The molecule has 1 heterocycles. The van der Waals surface area contributed by atoms with Gasteiger partial charge in [0.1, 0.15) is 0 Å². The molecule has 0 saturated carbocycles. The van der Waals surface area contributed by atoms with E-state index in [2.05, 4.69) is 22.1 Å². The van der Waals surface area contributed by atoms with Crippen molar-refractivity contribution in [2.45, 2.75) is 0 Å². The number of nitrogens with one attached hydrogen (secondary N) is 2. The molecule has 0 fully saturated rings. The van der Waals surface area contributed by atoms with Crippen LogP contribution in [0.15, 0.2) is 55.3 Å². The number of amides is 2. The molecule has 0 radical (unpaired) electrons. The Bertz CT molecular complexity index is 927. The van der Waals surface area contributed by atoms with Crippen molar-refractivity contribution in [3.05, 3.63) is 60.8 Å². The molecule has 0 saturated heterocycles. The zero-order valence-electron chi connectivity index (χ0n) is 12.2. The zero-order valence-corrected chi connectivity index (χ0v) is 12.2. The maximum atomic E-state index is 11.5. The molecule has 3 rings (SSSR count). The summed E-state index contributed by atoms with van der Waals surface area (Å²) in [6, 6.07) is 10.8. The lowest BCUT2D eigenvalue weighted by molar-refractivity contribution is -0.111. The number of hydrogen-bond donors (Lipinski definition) is 3. The number of anilines is 1. The monoisotopic (exact) mass is 306 g/mol. The normalized spacial score (nSPS) is 10.4. The third kappa shape index (κ3) is 2.69. The zero-order chi connectivity index (χ0) is 16.4. The summed E-state index contributed by atoms with van der Waals surface area (Å²) in [7, 11) is 0. The third-order valence-corrected chi connectivity index (χ3v) is 3.51. The largest absolute Gasteiger partial charge is 0.366 e. The Morgan fingerprint density at radius 1 is 1.26 bits per heavy atom. The highest BCUT2D eigenvalue weighted by atomic mass is 16.1. The van der Waals surface area contributed by atoms with E-state index >= 15 is 0 Å². The van der Waals surface area contributed by atoms with Crippen molar-refractivity contribution in [1.82, 2.24) is 10.2 Å². The fourth-order valence-corrected chi connectivity index (χ4v) is 2.45. The Labute approximate surface area is 132 Å².